The summed E-state index contributed by atoms with van der Waals surface area (Å²) in [6.45, 7) is 4.80. The lowest BCUT2D eigenvalue weighted by Gasteiger charge is -2.29. The van der Waals surface area contributed by atoms with Crippen LogP contribution in [-0.2, 0) is 6.42 Å². The highest BCUT2D eigenvalue weighted by atomic mass is 14.9. The Kier molecular flexibility index (Phi) is 3.79. The van der Waals surface area contributed by atoms with Crippen molar-refractivity contribution in [2.45, 2.75) is 26.2 Å². The van der Waals surface area contributed by atoms with E-state index in [1.807, 2.05) is 0 Å². The maximum Gasteiger partial charge on any atom is -0.00205 e. The Bertz CT molecular complexity index is 281. The Morgan fingerprint density at radius 2 is 2.07 bits per heavy atom. The van der Waals surface area contributed by atoms with Gasteiger partial charge in [0.2, 0.25) is 0 Å². The molecule has 2 atom stereocenters. The van der Waals surface area contributed by atoms with Gasteiger partial charge in [-0.15, -0.1) is 0 Å². The number of aryl methyl sites for hydroxylation is 1. The molecule has 1 heteroatoms. The lowest BCUT2D eigenvalue weighted by atomic mass is 9.83. The van der Waals surface area contributed by atoms with Gasteiger partial charge >= 0.3 is 0 Å². The van der Waals surface area contributed by atoms with Crippen LogP contribution in [0.25, 0.3) is 0 Å². The van der Waals surface area contributed by atoms with Gasteiger partial charge in [-0.05, 0) is 49.8 Å². The average Bonchev–Trinajstić information content (AvgIpc) is 2.29. The number of piperidine rings is 1. The van der Waals surface area contributed by atoms with Gasteiger partial charge in [-0.2, -0.15) is 0 Å². The maximum atomic E-state index is 3.46. The van der Waals surface area contributed by atoms with Crippen LogP contribution in [0.2, 0.25) is 0 Å². The van der Waals surface area contributed by atoms with Crippen molar-refractivity contribution in [1.29, 1.82) is 0 Å². The predicted molar refractivity (Wildman–Crippen MR) is 64.9 cm³/mol. The molecule has 82 valence electrons. The highest BCUT2D eigenvalue weighted by Gasteiger charge is 2.20. The van der Waals surface area contributed by atoms with E-state index in [0.29, 0.717) is 0 Å². The minimum Gasteiger partial charge on any atom is -0.316 e. The van der Waals surface area contributed by atoms with Crippen molar-refractivity contribution in [3.63, 3.8) is 0 Å². The molecule has 1 nitrogen and oxygen atoms in total. The second-order valence-electron chi connectivity index (χ2n) is 4.75. The van der Waals surface area contributed by atoms with E-state index in [1.165, 1.54) is 37.9 Å². The molecule has 1 heterocycles. The lowest BCUT2D eigenvalue weighted by Crippen LogP contribution is -2.35. The lowest BCUT2D eigenvalue weighted by molar-refractivity contribution is 0.259. The van der Waals surface area contributed by atoms with E-state index >= 15 is 0 Å². The third kappa shape index (κ3) is 3.07. The highest BCUT2D eigenvalue weighted by molar-refractivity contribution is 5.14. The van der Waals surface area contributed by atoms with Crippen molar-refractivity contribution in [2.24, 2.45) is 11.8 Å². The van der Waals surface area contributed by atoms with Crippen molar-refractivity contribution < 1.29 is 0 Å². The first-order chi connectivity index (χ1) is 7.36. The molecule has 0 amide bonds. The van der Waals surface area contributed by atoms with Crippen molar-refractivity contribution in [3.05, 3.63) is 35.9 Å². The number of nitrogens with one attached hydrogen (secondary N) is 1. The number of rotatable bonds is 3. The zero-order valence-corrected chi connectivity index (χ0v) is 9.58. The van der Waals surface area contributed by atoms with Crippen LogP contribution >= 0.6 is 0 Å². The molecule has 1 aromatic rings. The summed E-state index contributed by atoms with van der Waals surface area (Å²) in [6.07, 6.45) is 3.96. The summed E-state index contributed by atoms with van der Waals surface area (Å²) in [6, 6.07) is 10.9. The summed E-state index contributed by atoms with van der Waals surface area (Å²) in [7, 11) is 0. The Labute approximate surface area is 92.9 Å². The third-order valence-corrected chi connectivity index (χ3v) is 3.61. The second-order valence-corrected chi connectivity index (χ2v) is 4.75. The summed E-state index contributed by atoms with van der Waals surface area (Å²) in [5.74, 6) is 1.77. The highest BCUT2D eigenvalue weighted by Crippen LogP contribution is 2.23. The molecule has 0 spiro atoms. The van der Waals surface area contributed by atoms with Crippen molar-refractivity contribution in [2.75, 3.05) is 13.1 Å². The van der Waals surface area contributed by atoms with Crippen LogP contribution in [0.3, 0.4) is 0 Å². The molecule has 2 unspecified atom stereocenters. The van der Waals surface area contributed by atoms with E-state index in [1.54, 1.807) is 0 Å². The van der Waals surface area contributed by atoms with E-state index in [4.69, 9.17) is 0 Å². The fourth-order valence-electron chi connectivity index (χ4n) is 2.49. The van der Waals surface area contributed by atoms with E-state index < -0.39 is 0 Å². The Balaban J connectivity index is 1.82. The average molecular weight is 203 g/mol. The molecule has 2 rings (SSSR count). The van der Waals surface area contributed by atoms with Crippen molar-refractivity contribution in [1.82, 2.24) is 5.32 Å². The van der Waals surface area contributed by atoms with Gasteiger partial charge in [0.25, 0.3) is 0 Å². The summed E-state index contributed by atoms with van der Waals surface area (Å²) >= 11 is 0. The Morgan fingerprint density at radius 3 is 2.80 bits per heavy atom. The molecule has 0 aliphatic carbocycles. The molecule has 1 aliphatic heterocycles. The fraction of sp³-hybridized carbons (Fsp3) is 0.571. The first kappa shape index (κ1) is 10.7. The van der Waals surface area contributed by atoms with Crippen LogP contribution < -0.4 is 5.32 Å². The van der Waals surface area contributed by atoms with Gasteiger partial charge in [-0.1, -0.05) is 37.3 Å². The molecule has 1 N–H and O–H groups in total. The van der Waals surface area contributed by atoms with Gasteiger partial charge in [0, 0.05) is 0 Å². The molecule has 0 bridgehead atoms. The molecular weight excluding hydrogens is 182 g/mol. The number of benzene rings is 1. The van der Waals surface area contributed by atoms with Crippen LogP contribution in [0.4, 0.5) is 0 Å². The van der Waals surface area contributed by atoms with E-state index in [2.05, 4.69) is 42.6 Å². The molecule has 1 fully saturated rings. The standard InChI is InChI=1S/C14H21N/c1-12-11-15-10-9-14(12)8-7-13-5-3-2-4-6-13/h2-6,12,14-15H,7-11H2,1H3. The summed E-state index contributed by atoms with van der Waals surface area (Å²) in [4.78, 5) is 0. The molecule has 0 aromatic heterocycles. The second kappa shape index (κ2) is 5.32. The van der Waals surface area contributed by atoms with Gasteiger partial charge in [0.15, 0.2) is 0 Å². The smallest absolute Gasteiger partial charge is 0.00205 e. The summed E-state index contributed by atoms with van der Waals surface area (Å²) in [5.41, 5.74) is 1.49. The van der Waals surface area contributed by atoms with Crippen LogP contribution in [0, 0.1) is 11.8 Å². The molecule has 1 aromatic carbocycles. The Hall–Kier alpha value is -0.820. The van der Waals surface area contributed by atoms with Gasteiger partial charge in [0.1, 0.15) is 0 Å². The SMILES string of the molecule is CC1CNCCC1CCc1ccccc1. The van der Waals surface area contributed by atoms with Gasteiger partial charge in [-0.25, -0.2) is 0 Å². The van der Waals surface area contributed by atoms with Gasteiger partial charge in [-0.3, -0.25) is 0 Å². The predicted octanol–water partition coefficient (Wildman–Crippen LogP) is 2.86. The Morgan fingerprint density at radius 1 is 1.27 bits per heavy atom. The van der Waals surface area contributed by atoms with Crippen LogP contribution in [0.1, 0.15) is 25.3 Å². The fourth-order valence-corrected chi connectivity index (χ4v) is 2.49. The first-order valence-corrected chi connectivity index (χ1v) is 6.11. The molecule has 0 radical (unpaired) electrons. The van der Waals surface area contributed by atoms with E-state index in [0.717, 1.165) is 11.8 Å². The quantitative estimate of drug-likeness (QED) is 0.796. The molecular formula is C14H21N. The zero-order valence-electron chi connectivity index (χ0n) is 9.58. The van der Waals surface area contributed by atoms with Gasteiger partial charge in [0.05, 0.1) is 0 Å². The molecule has 15 heavy (non-hydrogen) atoms. The van der Waals surface area contributed by atoms with Crippen LogP contribution in [0.5, 0.6) is 0 Å². The summed E-state index contributed by atoms with van der Waals surface area (Å²) < 4.78 is 0. The largest absolute Gasteiger partial charge is 0.316 e. The molecule has 1 saturated heterocycles. The normalized spacial score (nSPS) is 26.5. The minimum atomic E-state index is 0.850. The van der Waals surface area contributed by atoms with Crippen molar-refractivity contribution in [3.8, 4) is 0 Å². The van der Waals surface area contributed by atoms with Crippen molar-refractivity contribution >= 4 is 0 Å². The van der Waals surface area contributed by atoms with Crippen LogP contribution in [0.15, 0.2) is 30.3 Å². The monoisotopic (exact) mass is 203 g/mol. The minimum absolute atomic E-state index is 0.850. The van der Waals surface area contributed by atoms with E-state index in [9.17, 15) is 0 Å². The van der Waals surface area contributed by atoms with Crippen LogP contribution in [-0.4, -0.2) is 13.1 Å². The maximum absolute atomic E-state index is 3.46. The zero-order chi connectivity index (χ0) is 10.5. The first-order valence-electron chi connectivity index (χ1n) is 6.11. The third-order valence-electron chi connectivity index (χ3n) is 3.61. The topological polar surface area (TPSA) is 12.0 Å². The van der Waals surface area contributed by atoms with E-state index in [-0.39, 0.29) is 0 Å². The van der Waals surface area contributed by atoms with Gasteiger partial charge < -0.3 is 5.32 Å². The summed E-state index contributed by atoms with van der Waals surface area (Å²) in [5, 5.41) is 3.46. The molecule has 1 aliphatic rings. The number of hydrogen-bond acceptors (Lipinski definition) is 1. The molecule has 0 saturated carbocycles. The number of hydrogen-bond donors (Lipinski definition) is 1.